The van der Waals surface area contributed by atoms with Gasteiger partial charge in [-0.05, 0) is 30.7 Å². The summed E-state index contributed by atoms with van der Waals surface area (Å²) in [6.45, 7) is 1.13. The van der Waals surface area contributed by atoms with Gasteiger partial charge in [-0.15, -0.1) is 0 Å². The van der Waals surface area contributed by atoms with Crippen LogP contribution in [0.3, 0.4) is 0 Å². The van der Waals surface area contributed by atoms with Crippen LogP contribution in [0.4, 0.5) is 4.79 Å². The fraction of sp³-hybridized carbons (Fsp3) is 0.214. The number of rotatable bonds is 5. The first-order valence-electron chi connectivity index (χ1n) is 6.19. The van der Waals surface area contributed by atoms with Crippen molar-refractivity contribution in [3.05, 3.63) is 39.9 Å². The summed E-state index contributed by atoms with van der Waals surface area (Å²) in [5.74, 6) is -1.53. The van der Waals surface area contributed by atoms with Crippen LogP contribution in [-0.4, -0.2) is 31.2 Å². The third-order valence-corrected chi connectivity index (χ3v) is 2.96. The maximum atomic E-state index is 11.4. The second-order valence-corrected chi connectivity index (χ2v) is 4.70. The van der Waals surface area contributed by atoms with E-state index in [2.05, 4.69) is 9.47 Å². The van der Waals surface area contributed by atoms with Crippen LogP contribution in [0, 0.1) is 0 Å². The highest BCUT2D eigenvalue weighted by Crippen LogP contribution is 2.23. The number of carbonyl (C=O) groups excluding carboxylic acids is 3. The molecule has 0 aromatic heterocycles. The van der Waals surface area contributed by atoms with Crippen molar-refractivity contribution >= 4 is 47.2 Å². The van der Waals surface area contributed by atoms with Gasteiger partial charge >= 0.3 is 12.1 Å². The van der Waals surface area contributed by atoms with Crippen molar-refractivity contribution in [3.63, 3.8) is 0 Å². The van der Waals surface area contributed by atoms with Crippen molar-refractivity contribution in [2.24, 2.45) is 0 Å². The van der Waals surface area contributed by atoms with Gasteiger partial charge in [0.15, 0.2) is 6.61 Å². The molecular weight excluding hydrogens is 333 g/mol. The summed E-state index contributed by atoms with van der Waals surface area (Å²) in [5.41, 5.74) is 0.641. The van der Waals surface area contributed by atoms with Crippen LogP contribution >= 0.6 is 23.2 Å². The number of imide groups is 1. The molecule has 1 N–H and O–H groups in total. The molecule has 1 aromatic rings. The highest BCUT2D eigenvalue weighted by Gasteiger charge is 2.09. The van der Waals surface area contributed by atoms with Crippen molar-refractivity contribution in [1.82, 2.24) is 5.32 Å². The largest absolute Gasteiger partial charge is 0.452 e. The Labute approximate surface area is 137 Å². The van der Waals surface area contributed by atoms with E-state index in [0.717, 1.165) is 6.08 Å². The topological polar surface area (TPSA) is 81.7 Å². The van der Waals surface area contributed by atoms with Gasteiger partial charge in [0.1, 0.15) is 0 Å². The molecule has 0 spiro atoms. The Morgan fingerprint density at radius 2 is 1.91 bits per heavy atom. The number of alkyl carbamates (subject to hydrolysis) is 1. The summed E-state index contributed by atoms with van der Waals surface area (Å²) < 4.78 is 9.15. The van der Waals surface area contributed by atoms with Crippen molar-refractivity contribution in [2.75, 3.05) is 13.2 Å². The van der Waals surface area contributed by atoms with Crippen molar-refractivity contribution in [1.29, 1.82) is 0 Å². The summed E-state index contributed by atoms with van der Waals surface area (Å²) in [6.07, 6.45) is 1.68. The van der Waals surface area contributed by atoms with Crippen LogP contribution in [0.2, 0.25) is 10.0 Å². The number of nitrogens with one attached hydrogen (secondary N) is 1. The van der Waals surface area contributed by atoms with E-state index >= 15 is 0 Å². The second kappa shape index (κ2) is 9.07. The van der Waals surface area contributed by atoms with Gasteiger partial charge in [0.25, 0.3) is 5.91 Å². The lowest BCUT2D eigenvalue weighted by atomic mass is 10.2. The molecule has 2 amide bonds. The second-order valence-electron chi connectivity index (χ2n) is 3.88. The van der Waals surface area contributed by atoms with E-state index in [0.29, 0.717) is 15.6 Å². The molecule has 0 aliphatic heterocycles. The summed E-state index contributed by atoms with van der Waals surface area (Å²) in [4.78, 5) is 33.6. The Bertz CT molecular complexity index is 601. The lowest BCUT2D eigenvalue weighted by Gasteiger charge is -2.04. The SMILES string of the molecule is CCOC(=O)NC(=O)COC(=O)/C=C/c1ccc(Cl)c(Cl)c1. The Hall–Kier alpha value is -2.05. The van der Waals surface area contributed by atoms with Crippen LogP contribution in [0.1, 0.15) is 12.5 Å². The molecule has 118 valence electrons. The van der Waals surface area contributed by atoms with Crippen molar-refractivity contribution in [3.8, 4) is 0 Å². The molecule has 22 heavy (non-hydrogen) atoms. The third-order valence-electron chi connectivity index (χ3n) is 2.22. The van der Waals surface area contributed by atoms with Gasteiger partial charge in [0, 0.05) is 6.08 Å². The Morgan fingerprint density at radius 1 is 1.18 bits per heavy atom. The zero-order valence-electron chi connectivity index (χ0n) is 11.6. The van der Waals surface area contributed by atoms with E-state index < -0.39 is 24.6 Å². The van der Waals surface area contributed by atoms with Crippen LogP contribution in [-0.2, 0) is 19.1 Å². The molecule has 0 radical (unpaired) electrons. The molecule has 0 saturated carbocycles. The van der Waals surface area contributed by atoms with Gasteiger partial charge in [0.2, 0.25) is 0 Å². The molecule has 0 bridgehead atoms. The Balaban J connectivity index is 2.42. The average molecular weight is 346 g/mol. The monoisotopic (exact) mass is 345 g/mol. The summed E-state index contributed by atoms with van der Waals surface area (Å²) in [7, 11) is 0. The molecule has 0 fully saturated rings. The number of amides is 2. The van der Waals surface area contributed by atoms with E-state index in [-0.39, 0.29) is 6.61 Å². The van der Waals surface area contributed by atoms with E-state index in [4.69, 9.17) is 23.2 Å². The first-order chi connectivity index (χ1) is 10.4. The molecule has 0 aliphatic carbocycles. The van der Waals surface area contributed by atoms with Gasteiger partial charge in [0.05, 0.1) is 16.7 Å². The first-order valence-corrected chi connectivity index (χ1v) is 6.94. The molecule has 1 rings (SSSR count). The standard InChI is InChI=1S/C14H13Cl2NO5/c1-2-21-14(20)17-12(18)8-22-13(19)6-4-9-3-5-10(15)11(16)7-9/h3-7H,2,8H2,1H3,(H,17,18,20)/b6-4+. The minimum Gasteiger partial charge on any atom is -0.452 e. The molecule has 6 nitrogen and oxygen atoms in total. The fourth-order valence-corrected chi connectivity index (χ4v) is 1.59. The zero-order valence-corrected chi connectivity index (χ0v) is 13.1. The number of halogens is 2. The normalized spacial score (nSPS) is 10.3. The minimum atomic E-state index is -0.894. The molecule has 0 atom stereocenters. The van der Waals surface area contributed by atoms with Crippen LogP contribution < -0.4 is 5.32 Å². The van der Waals surface area contributed by atoms with E-state index in [1.165, 1.54) is 6.08 Å². The number of benzene rings is 1. The van der Waals surface area contributed by atoms with Gasteiger partial charge in [-0.25, -0.2) is 9.59 Å². The maximum absolute atomic E-state index is 11.4. The summed E-state index contributed by atoms with van der Waals surface area (Å²) >= 11 is 11.6. The number of ether oxygens (including phenoxy) is 2. The number of carbonyl (C=O) groups is 3. The fourth-order valence-electron chi connectivity index (χ4n) is 1.28. The van der Waals surface area contributed by atoms with E-state index in [1.807, 2.05) is 5.32 Å². The minimum absolute atomic E-state index is 0.130. The summed E-state index contributed by atoms with van der Waals surface area (Å²) in [5, 5.41) is 2.64. The highest BCUT2D eigenvalue weighted by molar-refractivity contribution is 6.42. The number of esters is 1. The summed E-state index contributed by atoms with van der Waals surface area (Å²) in [6, 6.07) is 4.81. The highest BCUT2D eigenvalue weighted by atomic mass is 35.5. The molecule has 0 aliphatic rings. The van der Waals surface area contributed by atoms with Crippen LogP contribution in [0.15, 0.2) is 24.3 Å². The molecule has 0 unspecified atom stereocenters. The lowest BCUT2D eigenvalue weighted by Crippen LogP contribution is -2.34. The zero-order chi connectivity index (χ0) is 16.5. The lowest BCUT2D eigenvalue weighted by molar-refractivity contribution is -0.143. The number of hydrogen-bond donors (Lipinski definition) is 1. The Morgan fingerprint density at radius 3 is 2.55 bits per heavy atom. The predicted molar refractivity (Wildman–Crippen MR) is 81.6 cm³/mol. The van der Waals surface area contributed by atoms with E-state index in [9.17, 15) is 14.4 Å². The van der Waals surface area contributed by atoms with Gasteiger partial charge in [-0.3, -0.25) is 10.1 Å². The molecule has 1 aromatic carbocycles. The van der Waals surface area contributed by atoms with Crippen LogP contribution in [0.5, 0.6) is 0 Å². The van der Waals surface area contributed by atoms with Crippen molar-refractivity contribution < 1.29 is 23.9 Å². The average Bonchev–Trinajstić information content (AvgIpc) is 2.46. The third kappa shape index (κ3) is 6.60. The van der Waals surface area contributed by atoms with Gasteiger partial charge < -0.3 is 9.47 Å². The molecular formula is C14H13Cl2NO5. The predicted octanol–water partition coefficient (Wildman–Crippen LogP) is 2.82. The molecule has 8 heteroatoms. The first kappa shape index (κ1) is 18.0. The smallest absolute Gasteiger partial charge is 0.413 e. The van der Waals surface area contributed by atoms with Crippen molar-refractivity contribution in [2.45, 2.75) is 6.92 Å². The van der Waals surface area contributed by atoms with Gasteiger partial charge in [-0.2, -0.15) is 0 Å². The maximum Gasteiger partial charge on any atom is 0.413 e. The molecule has 0 saturated heterocycles. The van der Waals surface area contributed by atoms with Gasteiger partial charge in [-0.1, -0.05) is 29.3 Å². The van der Waals surface area contributed by atoms with Crippen LogP contribution in [0.25, 0.3) is 6.08 Å². The number of hydrogen-bond acceptors (Lipinski definition) is 5. The Kier molecular flexibility index (Phi) is 7.42. The van der Waals surface area contributed by atoms with E-state index in [1.54, 1.807) is 25.1 Å². The quantitative estimate of drug-likeness (QED) is 0.655. The molecule has 0 heterocycles.